The van der Waals surface area contributed by atoms with Crippen LogP contribution in [0.15, 0.2) is 53.2 Å². The molecule has 0 radical (unpaired) electrons. The smallest absolute Gasteiger partial charge is 0.277 e. The van der Waals surface area contributed by atoms with E-state index in [0.717, 1.165) is 5.56 Å². The molecule has 7 heteroatoms. The Labute approximate surface area is 137 Å². The van der Waals surface area contributed by atoms with Gasteiger partial charge in [0.2, 0.25) is 5.88 Å². The maximum atomic E-state index is 12.2. The summed E-state index contributed by atoms with van der Waals surface area (Å²) >= 11 is 5.84. The first kappa shape index (κ1) is 15.1. The minimum absolute atomic E-state index is 0.172. The van der Waals surface area contributed by atoms with E-state index >= 15 is 0 Å². The lowest BCUT2D eigenvalue weighted by atomic mass is 10.1. The van der Waals surface area contributed by atoms with Crippen molar-refractivity contribution in [3.8, 4) is 17.2 Å². The molecular formula is C16H12ClN3O3. The Bertz CT molecular complexity index is 813. The number of hydrogen-bond acceptors (Lipinski definition) is 5. The first-order chi connectivity index (χ1) is 11.2. The van der Waals surface area contributed by atoms with Gasteiger partial charge in [0.15, 0.2) is 11.5 Å². The molecule has 2 heterocycles. The van der Waals surface area contributed by atoms with E-state index in [9.17, 15) is 4.79 Å². The normalized spacial score (nSPS) is 10.3. The second-order valence-corrected chi connectivity index (χ2v) is 5.06. The zero-order valence-electron chi connectivity index (χ0n) is 12.1. The number of nitrogens with zero attached hydrogens (tertiary/aromatic N) is 2. The summed E-state index contributed by atoms with van der Waals surface area (Å²) in [6, 6.07) is 12.0. The van der Waals surface area contributed by atoms with E-state index in [4.69, 9.17) is 20.9 Å². The van der Waals surface area contributed by atoms with E-state index < -0.39 is 0 Å². The predicted octanol–water partition coefficient (Wildman–Crippen LogP) is 3.65. The van der Waals surface area contributed by atoms with Gasteiger partial charge < -0.3 is 14.6 Å². The Hall–Kier alpha value is -2.86. The molecule has 0 atom stereocenters. The minimum atomic E-state index is -0.388. The van der Waals surface area contributed by atoms with E-state index in [-0.39, 0.29) is 11.6 Å². The van der Waals surface area contributed by atoms with Gasteiger partial charge >= 0.3 is 0 Å². The number of benzene rings is 1. The standard InChI is InChI=1S/C16H12ClN3O3/c1-22-15-7-6-12(9-18-15)19-16(21)13-8-14(23-20-13)10-2-4-11(17)5-3-10/h2-9H,1H3,(H,19,21). The van der Waals surface area contributed by atoms with Gasteiger partial charge in [0.1, 0.15) is 0 Å². The van der Waals surface area contributed by atoms with Crippen LogP contribution in [0.25, 0.3) is 11.3 Å². The molecule has 0 spiro atoms. The molecular weight excluding hydrogens is 318 g/mol. The first-order valence-electron chi connectivity index (χ1n) is 6.70. The summed E-state index contributed by atoms with van der Waals surface area (Å²) in [5.74, 6) is 0.565. The summed E-state index contributed by atoms with van der Waals surface area (Å²) in [5.41, 5.74) is 1.49. The summed E-state index contributed by atoms with van der Waals surface area (Å²) in [5, 5.41) is 7.09. The number of halogens is 1. The Kier molecular flexibility index (Phi) is 4.25. The lowest BCUT2D eigenvalue weighted by molar-refractivity contribution is 0.101. The van der Waals surface area contributed by atoms with Crippen LogP contribution in [0.5, 0.6) is 5.88 Å². The fourth-order valence-electron chi connectivity index (χ4n) is 1.90. The highest BCUT2D eigenvalue weighted by atomic mass is 35.5. The number of pyridine rings is 1. The van der Waals surface area contributed by atoms with Gasteiger partial charge in [0.25, 0.3) is 5.91 Å². The number of amides is 1. The molecule has 0 aliphatic rings. The third kappa shape index (κ3) is 3.49. The van der Waals surface area contributed by atoms with Gasteiger partial charge in [-0.15, -0.1) is 0 Å². The predicted molar refractivity (Wildman–Crippen MR) is 85.7 cm³/mol. The van der Waals surface area contributed by atoms with Gasteiger partial charge in [-0.25, -0.2) is 4.98 Å². The second-order valence-electron chi connectivity index (χ2n) is 4.63. The molecule has 1 N–H and O–H groups in total. The van der Waals surface area contributed by atoms with Crippen molar-refractivity contribution in [1.82, 2.24) is 10.1 Å². The van der Waals surface area contributed by atoms with Crippen LogP contribution < -0.4 is 10.1 Å². The van der Waals surface area contributed by atoms with E-state index in [2.05, 4.69) is 15.5 Å². The quantitative estimate of drug-likeness (QED) is 0.790. The number of rotatable bonds is 4. The van der Waals surface area contributed by atoms with Crippen molar-refractivity contribution in [3.05, 3.63) is 59.4 Å². The molecule has 1 amide bonds. The number of anilines is 1. The Morgan fingerprint density at radius 2 is 2.00 bits per heavy atom. The van der Waals surface area contributed by atoms with Crippen LogP contribution in [0.3, 0.4) is 0 Å². The molecule has 1 aromatic carbocycles. The highest BCUT2D eigenvalue weighted by Crippen LogP contribution is 2.22. The van der Waals surface area contributed by atoms with Gasteiger partial charge in [-0.2, -0.15) is 0 Å². The summed E-state index contributed by atoms with van der Waals surface area (Å²) in [6.07, 6.45) is 1.50. The van der Waals surface area contributed by atoms with Crippen molar-refractivity contribution >= 4 is 23.2 Å². The summed E-state index contributed by atoms with van der Waals surface area (Å²) in [4.78, 5) is 16.2. The second kappa shape index (κ2) is 6.50. The van der Waals surface area contributed by atoms with Gasteiger partial charge in [0.05, 0.1) is 19.0 Å². The highest BCUT2D eigenvalue weighted by Gasteiger charge is 2.14. The monoisotopic (exact) mass is 329 g/mol. The first-order valence-corrected chi connectivity index (χ1v) is 7.07. The van der Waals surface area contributed by atoms with Crippen molar-refractivity contribution in [2.75, 3.05) is 12.4 Å². The zero-order valence-corrected chi connectivity index (χ0v) is 12.9. The fourth-order valence-corrected chi connectivity index (χ4v) is 2.03. The van der Waals surface area contributed by atoms with E-state index in [1.54, 1.807) is 42.5 Å². The third-order valence-electron chi connectivity index (χ3n) is 3.07. The molecule has 0 aliphatic carbocycles. The molecule has 0 bridgehead atoms. The molecule has 23 heavy (non-hydrogen) atoms. The van der Waals surface area contributed by atoms with Crippen molar-refractivity contribution in [3.63, 3.8) is 0 Å². The maximum Gasteiger partial charge on any atom is 0.277 e. The van der Waals surface area contributed by atoms with E-state index in [1.807, 2.05) is 0 Å². The molecule has 6 nitrogen and oxygen atoms in total. The topological polar surface area (TPSA) is 77.2 Å². The molecule has 0 saturated carbocycles. The number of carbonyl (C=O) groups is 1. The maximum absolute atomic E-state index is 12.2. The minimum Gasteiger partial charge on any atom is -0.481 e. The molecule has 0 fully saturated rings. The molecule has 116 valence electrons. The number of ether oxygens (including phenoxy) is 1. The fraction of sp³-hybridized carbons (Fsp3) is 0.0625. The van der Waals surface area contributed by atoms with Gasteiger partial charge in [0, 0.05) is 22.7 Å². The Morgan fingerprint density at radius 1 is 1.22 bits per heavy atom. The summed E-state index contributed by atoms with van der Waals surface area (Å²) in [7, 11) is 1.52. The largest absolute Gasteiger partial charge is 0.481 e. The van der Waals surface area contributed by atoms with Crippen LogP contribution in [0.4, 0.5) is 5.69 Å². The number of hydrogen-bond donors (Lipinski definition) is 1. The molecule has 0 unspecified atom stereocenters. The zero-order chi connectivity index (χ0) is 16.2. The van der Waals surface area contributed by atoms with Gasteiger partial charge in [-0.05, 0) is 30.3 Å². The number of carbonyl (C=O) groups excluding carboxylic acids is 1. The highest BCUT2D eigenvalue weighted by molar-refractivity contribution is 6.30. The number of methoxy groups -OCH3 is 1. The molecule has 3 aromatic rings. The van der Waals surface area contributed by atoms with E-state index in [0.29, 0.717) is 22.4 Å². The van der Waals surface area contributed by atoms with Crippen LogP contribution in [0.2, 0.25) is 5.02 Å². The van der Waals surface area contributed by atoms with Gasteiger partial charge in [-0.1, -0.05) is 16.8 Å². The average molecular weight is 330 g/mol. The summed E-state index contributed by atoms with van der Waals surface area (Å²) < 4.78 is 10.2. The van der Waals surface area contributed by atoms with Crippen molar-refractivity contribution in [2.24, 2.45) is 0 Å². The van der Waals surface area contributed by atoms with Crippen LogP contribution in [-0.2, 0) is 0 Å². The number of aromatic nitrogens is 2. The lowest BCUT2D eigenvalue weighted by Gasteiger charge is -2.03. The van der Waals surface area contributed by atoms with Gasteiger partial charge in [-0.3, -0.25) is 4.79 Å². The summed E-state index contributed by atoms with van der Waals surface area (Å²) in [6.45, 7) is 0. The van der Waals surface area contributed by atoms with Crippen LogP contribution in [-0.4, -0.2) is 23.2 Å². The Morgan fingerprint density at radius 3 is 2.65 bits per heavy atom. The van der Waals surface area contributed by atoms with Crippen LogP contribution >= 0.6 is 11.6 Å². The van der Waals surface area contributed by atoms with Crippen LogP contribution in [0.1, 0.15) is 10.5 Å². The molecule has 0 aliphatic heterocycles. The average Bonchev–Trinajstić information content (AvgIpc) is 3.06. The molecule has 3 rings (SSSR count). The van der Waals surface area contributed by atoms with Crippen molar-refractivity contribution in [1.29, 1.82) is 0 Å². The van der Waals surface area contributed by atoms with Crippen LogP contribution in [0, 0.1) is 0 Å². The SMILES string of the molecule is COc1ccc(NC(=O)c2cc(-c3ccc(Cl)cc3)on2)cn1. The molecule has 0 saturated heterocycles. The van der Waals surface area contributed by atoms with Crippen molar-refractivity contribution in [2.45, 2.75) is 0 Å². The Balaban J connectivity index is 1.74. The number of nitrogens with one attached hydrogen (secondary N) is 1. The lowest BCUT2D eigenvalue weighted by Crippen LogP contribution is -2.12. The third-order valence-corrected chi connectivity index (χ3v) is 3.33. The van der Waals surface area contributed by atoms with E-state index in [1.165, 1.54) is 13.3 Å². The van der Waals surface area contributed by atoms with Crippen molar-refractivity contribution < 1.29 is 14.1 Å². The molecule has 2 aromatic heterocycles.